The van der Waals surface area contributed by atoms with Gasteiger partial charge in [-0.05, 0) is 0 Å². The summed E-state index contributed by atoms with van der Waals surface area (Å²) >= 11 is 5.57. The Morgan fingerprint density at radius 2 is 2.00 bits per heavy atom. The van der Waals surface area contributed by atoms with E-state index in [0.29, 0.717) is 45.3 Å². The first-order chi connectivity index (χ1) is 7.12. The number of hydrogen-bond acceptors (Lipinski definition) is 3. The molecule has 0 radical (unpaired) electrons. The molecule has 0 aromatic carbocycles. The lowest BCUT2D eigenvalue weighted by atomic mass is 10.5. The molecular formula is C8H17ClN2O3S. The maximum atomic E-state index is 12.0. The van der Waals surface area contributed by atoms with Crippen LogP contribution >= 0.6 is 11.6 Å². The Morgan fingerprint density at radius 3 is 2.47 bits per heavy atom. The van der Waals surface area contributed by atoms with Crippen LogP contribution < -0.4 is 0 Å². The van der Waals surface area contributed by atoms with Gasteiger partial charge in [0.2, 0.25) is 0 Å². The first kappa shape index (κ1) is 13.2. The smallest absolute Gasteiger partial charge is 0.282 e. The van der Waals surface area contributed by atoms with Crippen LogP contribution in [0.15, 0.2) is 0 Å². The monoisotopic (exact) mass is 256 g/mol. The average molecular weight is 257 g/mol. The second-order valence-corrected chi connectivity index (χ2v) is 5.51. The Labute approximate surface area is 96.1 Å². The topological polar surface area (TPSA) is 49.9 Å². The molecule has 0 aromatic heterocycles. The summed E-state index contributed by atoms with van der Waals surface area (Å²) in [5.74, 6) is 0.317. The molecule has 7 heteroatoms. The van der Waals surface area contributed by atoms with E-state index in [1.54, 1.807) is 0 Å². The van der Waals surface area contributed by atoms with E-state index in [4.69, 9.17) is 16.3 Å². The van der Waals surface area contributed by atoms with Crippen molar-refractivity contribution in [3.05, 3.63) is 0 Å². The van der Waals surface area contributed by atoms with E-state index in [2.05, 4.69) is 0 Å². The van der Waals surface area contributed by atoms with Crippen LogP contribution in [0, 0.1) is 0 Å². The molecule has 0 spiro atoms. The summed E-state index contributed by atoms with van der Waals surface area (Å²) < 4.78 is 32.1. The highest BCUT2D eigenvalue weighted by atomic mass is 35.5. The molecule has 0 N–H and O–H groups in total. The molecule has 15 heavy (non-hydrogen) atoms. The van der Waals surface area contributed by atoms with E-state index in [9.17, 15) is 8.42 Å². The molecule has 0 amide bonds. The zero-order chi connectivity index (χ0) is 11.3. The van der Waals surface area contributed by atoms with E-state index < -0.39 is 10.2 Å². The molecular weight excluding hydrogens is 240 g/mol. The minimum Gasteiger partial charge on any atom is -0.379 e. The van der Waals surface area contributed by atoms with E-state index in [-0.39, 0.29) is 0 Å². The highest BCUT2D eigenvalue weighted by Gasteiger charge is 2.29. The zero-order valence-electron chi connectivity index (χ0n) is 8.86. The average Bonchev–Trinajstić information content (AvgIpc) is 2.27. The van der Waals surface area contributed by atoms with Crippen molar-refractivity contribution >= 4 is 21.8 Å². The van der Waals surface area contributed by atoms with Gasteiger partial charge >= 0.3 is 0 Å². The van der Waals surface area contributed by atoms with Crippen LogP contribution in [0.3, 0.4) is 0 Å². The van der Waals surface area contributed by atoms with Crippen LogP contribution in [0.2, 0.25) is 0 Å². The van der Waals surface area contributed by atoms with Gasteiger partial charge in [-0.2, -0.15) is 17.0 Å². The number of rotatable bonds is 5. The van der Waals surface area contributed by atoms with Gasteiger partial charge in [0.1, 0.15) is 0 Å². The van der Waals surface area contributed by atoms with Gasteiger partial charge in [0.15, 0.2) is 0 Å². The fourth-order valence-electron chi connectivity index (χ4n) is 1.47. The quantitative estimate of drug-likeness (QED) is 0.657. The Hall–Kier alpha value is 0.120. The zero-order valence-corrected chi connectivity index (χ0v) is 10.4. The van der Waals surface area contributed by atoms with Gasteiger partial charge in [0.25, 0.3) is 10.2 Å². The normalized spacial score (nSPS) is 19.7. The summed E-state index contributed by atoms with van der Waals surface area (Å²) in [5.41, 5.74) is 0. The van der Waals surface area contributed by atoms with Crippen molar-refractivity contribution in [2.24, 2.45) is 0 Å². The number of halogens is 1. The first-order valence-corrected chi connectivity index (χ1v) is 6.95. The minimum atomic E-state index is -3.33. The lowest BCUT2D eigenvalue weighted by Gasteiger charge is -2.31. The van der Waals surface area contributed by atoms with Crippen LogP contribution in [0.5, 0.6) is 0 Å². The van der Waals surface area contributed by atoms with Crippen molar-refractivity contribution in [1.82, 2.24) is 8.61 Å². The van der Waals surface area contributed by atoms with Crippen molar-refractivity contribution in [1.29, 1.82) is 0 Å². The molecule has 90 valence electrons. The lowest BCUT2D eigenvalue weighted by Crippen LogP contribution is -2.49. The molecule has 0 unspecified atom stereocenters. The molecule has 1 fully saturated rings. The Morgan fingerprint density at radius 1 is 1.40 bits per heavy atom. The van der Waals surface area contributed by atoms with Gasteiger partial charge in [0, 0.05) is 32.1 Å². The van der Waals surface area contributed by atoms with Crippen molar-refractivity contribution in [2.75, 3.05) is 45.3 Å². The predicted octanol–water partition coefficient (Wildman–Crippen LogP) is 0.124. The maximum Gasteiger partial charge on any atom is 0.282 e. The van der Waals surface area contributed by atoms with Crippen LogP contribution in [0.1, 0.15) is 6.92 Å². The molecule has 1 heterocycles. The van der Waals surface area contributed by atoms with E-state index in [0.717, 1.165) is 0 Å². The first-order valence-electron chi connectivity index (χ1n) is 5.02. The molecule has 0 atom stereocenters. The van der Waals surface area contributed by atoms with Crippen LogP contribution in [0.25, 0.3) is 0 Å². The Kier molecular flexibility index (Phi) is 5.28. The third-order valence-corrected chi connectivity index (χ3v) is 4.59. The number of morpholine rings is 1. The summed E-state index contributed by atoms with van der Waals surface area (Å²) in [5, 5.41) is 0. The molecule has 0 aromatic rings. The molecule has 0 aliphatic carbocycles. The summed E-state index contributed by atoms with van der Waals surface area (Å²) in [7, 11) is -3.33. The lowest BCUT2D eigenvalue weighted by molar-refractivity contribution is 0.0703. The van der Waals surface area contributed by atoms with Crippen LogP contribution in [-0.2, 0) is 14.9 Å². The largest absolute Gasteiger partial charge is 0.379 e. The predicted molar refractivity (Wildman–Crippen MR) is 59.3 cm³/mol. The van der Waals surface area contributed by atoms with Gasteiger partial charge in [-0.15, -0.1) is 11.6 Å². The van der Waals surface area contributed by atoms with Crippen molar-refractivity contribution < 1.29 is 13.2 Å². The van der Waals surface area contributed by atoms with Gasteiger partial charge in [-0.25, -0.2) is 0 Å². The number of hydrogen-bond donors (Lipinski definition) is 0. The number of ether oxygens (including phenoxy) is 1. The fourth-order valence-corrected chi connectivity index (χ4v) is 3.36. The van der Waals surface area contributed by atoms with Gasteiger partial charge < -0.3 is 4.74 Å². The molecule has 0 bridgehead atoms. The van der Waals surface area contributed by atoms with Gasteiger partial charge in [-0.3, -0.25) is 0 Å². The fraction of sp³-hybridized carbons (Fsp3) is 1.00. The van der Waals surface area contributed by atoms with E-state index >= 15 is 0 Å². The number of nitrogens with zero attached hydrogens (tertiary/aromatic N) is 2. The highest BCUT2D eigenvalue weighted by Crippen LogP contribution is 2.10. The Balaban J connectivity index is 2.69. The third kappa shape index (κ3) is 3.29. The van der Waals surface area contributed by atoms with Gasteiger partial charge in [0.05, 0.1) is 13.2 Å². The van der Waals surface area contributed by atoms with E-state index in [1.807, 2.05) is 6.92 Å². The van der Waals surface area contributed by atoms with Crippen LogP contribution in [0.4, 0.5) is 0 Å². The summed E-state index contributed by atoms with van der Waals surface area (Å²) in [4.78, 5) is 0. The SMILES string of the molecule is CCN(CCCl)S(=O)(=O)N1CCOCC1. The van der Waals surface area contributed by atoms with Crippen molar-refractivity contribution in [3.8, 4) is 0 Å². The Bertz CT molecular complexity index is 267. The summed E-state index contributed by atoms with van der Waals surface area (Å²) in [6, 6.07) is 0. The second-order valence-electron chi connectivity index (χ2n) is 3.20. The number of alkyl halides is 1. The maximum absolute atomic E-state index is 12.0. The molecule has 1 aliphatic rings. The molecule has 5 nitrogen and oxygen atoms in total. The molecule has 1 saturated heterocycles. The summed E-state index contributed by atoms with van der Waals surface area (Å²) in [6.07, 6.45) is 0. The van der Waals surface area contributed by atoms with Crippen molar-refractivity contribution in [2.45, 2.75) is 6.92 Å². The van der Waals surface area contributed by atoms with E-state index in [1.165, 1.54) is 8.61 Å². The molecule has 1 aliphatic heterocycles. The standard InChI is InChI=1S/C8H17ClN2O3S/c1-2-10(4-3-9)15(12,13)11-5-7-14-8-6-11/h2-8H2,1H3. The highest BCUT2D eigenvalue weighted by molar-refractivity contribution is 7.86. The van der Waals surface area contributed by atoms with Crippen LogP contribution in [-0.4, -0.2) is 62.3 Å². The summed E-state index contributed by atoms with van der Waals surface area (Å²) in [6.45, 7) is 4.42. The molecule has 1 rings (SSSR count). The minimum absolute atomic E-state index is 0.317. The van der Waals surface area contributed by atoms with Crippen molar-refractivity contribution in [3.63, 3.8) is 0 Å². The third-order valence-electron chi connectivity index (χ3n) is 2.31. The second kappa shape index (κ2) is 6.00. The molecule has 0 saturated carbocycles. The van der Waals surface area contributed by atoms with Gasteiger partial charge in [-0.1, -0.05) is 6.92 Å².